The second kappa shape index (κ2) is 3.55. The Labute approximate surface area is 72.9 Å². The number of oxazole rings is 1. The molecule has 0 unspecified atom stereocenters. The fourth-order valence-electron chi connectivity index (χ4n) is 0.645. The number of rotatable bonds is 3. The summed E-state index contributed by atoms with van der Waals surface area (Å²) in [6, 6.07) is 0. The lowest BCUT2D eigenvalue weighted by Gasteiger charge is -1.90. The van der Waals surface area contributed by atoms with Gasteiger partial charge in [-0.05, 0) is 0 Å². The number of hydrogen-bond acceptors (Lipinski definition) is 4. The number of halogens is 1. The summed E-state index contributed by atoms with van der Waals surface area (Å²) in [5.41, 5.74) is 0. The van der Waals surface area contributed by atoms with E-state index in [1.54, 1.807) is 0 Å². The number of aromatic nitrogens is 1. The van der Waals surface area contributed by atoms with E-state index in [1.807, 2.05) is 0 Å². The van der Waals surface area contributed by atoms with Gasteiger partial charge in [-0.2, -0.15) is 4.98 Å². The quantitative estimate of drug-likeness (QED) is 0.777. The fraction of sp³-hybridized carbons (Fsp3) is 0.333. The van der Waals surface area contributed by atoms with E-state index in [2.05, 4.69) is 4.98 Å². The molecule has 0 saturated heterocycles. The molecule has 0 saturated carbocycles. The van der Waals surface area contributed by atoms with Crippen molar-refractivity contribution in [2.24, 2.45) is 0 Å². The first-order valence-electron chi connectivity index (χ1n) is 3.02. The second-order valence-corrected chi connectivity index (χ2v) is 2.33. The molecule has 0 aliphatic rings. The lowest BCUT2D eigenvalue weighted by atomic mass is 10.5. The molecule has 0 aliphatic carbocycles. The number of aromatic carboxylic acids is 1. The minimum Gasteiger partial charge on any atom is -0.474 e. The van der Waals surface area contributed by atoms with Gasteiger partial charge in [0.05, 0.1) is 0 Å². The summed E-state index contributed by atoms with van der Waals surface area (Å²) in [5, 5.41) is 8.46. The summed E-state index contributed by atoms with van der Waals surface area (Å²) in [5.74, 6) is -1.46. The van der Waals surface area contributed by atoms with Gasteiger partial charge in [0.15, 0.2) is 10.9 Å². The van der Waals surface area contributed by atoms with Gasteiger partial charge in [-0.25, -0.2) is 4.79 Å². The zero-order valence-corrected chi connectivity index (χ0v) is 6.96. The summed E-state index contributed by atoms with van der Waals surface area (Å²) in [7, 11) is 1.44. The van der Waals surface area contributed by atoms with Crippen LogP contribution in [0.2, 0.25) is 5.15 Å². The second-order valence-electron chi connectivity index (χ2n) is 1.97. The number of nitrogens with zero attached hydrogens (tertiary/aromatic N) is 1. The molecule has 1 aromatic rings. The van der Waals surface area contributed by atoms with E-state index in [9.17, 15) is 4.79 Å². The number of methoxy groups -OCH3 is 1. The van der Waals surface area contributed by atoms with Crippen molar-refractivity contribution >= 4 is 17.6 Å². The van der Waals surface area contributed by atoms with Crippen molar-refractivity contribution in [1.29, 1.82) is 0 Å². The molecule has 0 radical (unpaired) electrons. The summed E-state index contributed by atoms with van der Waals surface area (Å²) < 4.78 is 9.44. The molecule has 1 rings (SSSR count). The van der Waals surface area contributed by atoms with Gasteiger partial charge in [-0.15, -0.1) is 0 Å². The molecule has 0 fully saturated rings. The maximum Gasteiger partial charge on any atom is 0.392 e. The molecule has 0 atom stereocenters. The van der Waals surface area contributed by atoms with Gasteiger partial charge in [0.2, 0.25) is 0 Å². The molecule has 0 spiro atoms. The largest absolute Gasteiger partial charge is 0.474 e. The van der Waals surface area contributed by atoms with Gasteiger partial charge in [-0.1, -0.05) is 11.6 Å². The number of carboxylic acid groups (broad SMARTS) is 1. The zero-order valence-electron chi connectivity index (χ0n) is 6.20. The number of carbonyl (C=O) groups is 1. The van der Waals surface area contributed by atoms with Crippen molar-refractivity contribution in [3.05, 3.63) is 16.8 Å². The van der Waals surface area contributed by atoms with Crippen LogP contribution in [0.1, 0.15) is 16.4 Å². The van der Waals surface area contributed by atoms with Gasteiger partial charge >= 0.3 is 11.9 Å². The van der Waals surface area contributed by atoms with Crippen LogP contribution in [0, 0.1) is 0 Å². The van der Waals surface area contributed by atoms with Crippen molar-refractivity contribution in [1.82, 2.24) is 4.98 Å². The standard InChI is InChI=1S/C6H6ClNO4/c1-11-2-3-4(7)8-5(12-3)6(9)10/h2H2,1H3,(H,9,10). The molecule has 0 aliphatic heterocycles. The maximum absolute atomic E-state index is 10.3. The van der Waals surface area contributed by atoms with Crippen LogP contribution in [0.3, 0.4) is 0 Å². The third-order valence-corrected chi connectivity index (χ3v) is 1.40. The molecular weight excluding hydrogens is 186 g/mol. The molecule has 0 bridgehead atoms. The summed E-state index contributed by atoms with van der Waals surface area (Å²) in [4.78, 5) is 13.8. The number of hydrogen-bond donors (Lipinski definition) is 1. The van der Waals surface area contributed by atoms with Gasteiger partial charge in [0.1, 0.15) is 6.61 Å². The van der Waals surface area contributed by atoms with Crippen LogP contribution in [0.5, 0.6) is 0 Å². The van der Waals surface area contributed by atoms with Crippen LogP contribution in [0.15, 0.2) is 4.42 Å². The van der Waals surface area contributed by atoms with Crippen molar-refractivity contribution < 1.29 is 19.1 Å². The van der Waals surface area contributed by atoms with E-state index in [1.165, 1.54) is 7.11 Å². The van der Waals surface area contributed by atoms with Crippen molar-refractivity contribution in [2.75, 3.05) is 7.11 Å². The average molecular weight is 192 g/mol. The summed E-state index contributed by atoms with van der Waals surface area (Å²) in [6.45, 7) is 0.110. The Morgan fingerprint density at radius 3 is 2.92 bits per heavy atom. The highest BCUT2D eigenvalue weighted by Gasteiger charge is 2.15. The lowest BCUT2D eigenvalue weighted by Crippen LogP contribution is -1.94. The molecule has 5 nitrogen and oxygen atoms in total. The van der Waals surface area contributed by atoms with Crippen LogP contribution in [-0.4, -0.2) is 23.2 Å². The Balaban J connectivity index is 2.92. The first-order valence-corrected chi connectivity index (χ1v) is 3.40. The van der Waals surface area contributed by atoms with Crippen molar-refractivity contribution in [3.8, 4) is 0 Å². The lowest BCUT2D eigenvalue weighted by molar-refractivity contribution is 0.0646. The monoisotopic (exact) mass is 191 g/mol. The highest BCUT2D eigenvalue weighted by molar-refractivity contribution is 6.30. The Morgan fingerprint density at radius 2 is 2.50 bits per heavy atom. The van der Waals surface area contributed by atoms with Crippen LogP contribution in [0.4, 0.5) is 0 Å². The highest BCUT2D eigenvalue weighted by Crippen LogP contribution is 2.17. The molecule has 0 aromatic carbocycles. The molecular formula is C6H6ClNO4. The predicted molar refractivity (Wildman–Crippen MR) is 39.2 cm³/mol. The van der Waals surface area contributed by atoms with Crippen LogP contribution >= 0.6 is 11.6 Å². The first-order chi connectivity index (χ1) is 5.65. The number of carboxylic acids is 1. The Morgan fingerprint density at radius 1 is 1.83 bits per heavy atom. The SMILES string of the molecule is COCc1oc(C(=O)O)nc1Cl. The Hall–Kier alpha value is -1.07. The van der Waals surface area contributed by atoms with Crippen molar-refractivity contribution in [2.45, 2.75) is 6.61 Å². The Kier molecular flexibility index (Phi) is 2.67. The van der Waals surface area contributed by atoms with E-state index < -0.39 is 11.9 Å². The predicted octanol–water partition coefficient (Wildman–Crippen LogP) is 1.17. The van der Waals surface area contributed by atoms with Gasteiger partial charge in [0.25, 0.3) is 0 Å². The molecule has 12 heavy (non-hydrogen) atoms. The molecule has 1 N–H and O–H groups in total. The van der Waals surface area contributed by atoms with E-state index in [-0.39, 0.29) is 17.5 Å². The smallest absolute Gasteiger partial charge is 0.392 e. The van der Waals surface area contributed by atoms with E-state index in [0.717, 1.165) is 0 Å². The van der Waals surface area contributed by atoms with Gasteiger partial charge in [-0.3, -0.25) is 0 Å². The third-order valence-electron chi connectivity index (χ3n) is 1.11. The topological polar surface area (TPSA) is 72.6 Å². The summed E-state index contributed by atoms with van der Waals surface area (Å²) in [6.07, 6.45) is 0. The van der Waals surface area contributed by atoms with E-state index in [4.69, 9.17) is 25.9 Å². The van der Waals surface area contributed by atoms with Crippen LogP contribution in [0.25, 0.3) is 0 Å². The van der Waals surface area contributed by atoms with Gasteiger partial charge in [0, 0.05) is 7.11 Å². The van der Waals surface area contributed by atoms with E-state index in [0.29, 0.717) is 0 Å². The average Bonchev–Trinajstić information content (AvgIpc) is 2.34. The molecule has 1 aromatic heterocycles. The molecule has 6 heteroatoms. The van der Waals surface area contributed by atoms with E-state index >= 15 is 0 Å². The molecule has 0 amide bonds. The minimum atomic E-state index is -1.25. The summed E-state index contributed by atoms with van der Waals surface area (Å²) >= 11 is 5.52. The first kappa shape index (κ1) is 9.02. The van der Waals surface area contributed by atoms with Crippen LogP contribution in [-0.2, 0) is 11.3 Å². The highest BCUT2D eigenvalue weighted by atomic mass is 35.5. The molecule has 66 valence electrons. The third kappa shape index (κ3) is 1.75. The van der Waals surface area contributed by atoms with Gasteiger partial charge < -0.3 is 14.3 Å². The van der Waals surface area contributed by atoms with Crippen LogP contribution < -0.4 is 0 Å². The fourth-order valence-corrected chi connectivity index (χ4v) is 0.815. The normalized spacial score (nSPS) is 10.2. The zero-order chi connectivity index (χ0) is 9.14. The molecule has 1 heterocycles. The number of ether oxygens (including phenoxy) is 1. The maximum atomic E-state index is 10.3. The minimum absolute atomic E-state index is 0.0225. The Bertz CT molecular complexity index is 296. The van der Waals surface area contributed by atoms with Crippen molar-refractivity contribution in [3.63, 3.8) is 0 Å².